The lowest BCUT2D eigenvalue weighted by atomic mass is 9.93. The van der Waals surface area contributed by atoms with E-state index in [9.17, 15) is 13.6 Å². The van der Waals surface area contributed by atoms with Crippen molar-refractivity contribution in [2.75, 3.05) is 0 Å². The fourth-order valence-electron chi connectivity index (χ4n) is 1.53. The van der Waals surface area contributed by atoms with Crippen LogP contribution in [0, 0.1) is 0 Å². The van der Waals surface area contributed by atoms with Gasteiger partial charge in [-0.1, -0.05) is 0 Å². The van der Waals surface area contributed by atoms with Crippen LogP contribution in [-0.4, -0.2) is 24.0 Å². The quantitative estimate of drug-likeness (QED) is 0.720. The normalized spacial score (nSPS) is 24.2. The summed E-state index contributed by atoms with van der Waals surface area (Å²) in [6.45, 7) is 0. The van der Waals surface area contributed by atoms with E-state index in [1.807, 2.05) is 0 Å². The molecule has 2 N–H and O–H groups in total. The van der Waals surface area contributed by atoms with Gasteiger partial charge < -0.3 is 10.6 Å². The van der Waals surface area contributed by atoms with Gasteiger partial charge in [0.15, 0.2) is 0 Å². The van der Waals surface area contributed by atoms with Gasteiger partial charge in [-0.05, 0) is 32.1 Å². The smallest absolute Gasteiger partial charge is 0.315 e. The molecule has 2 aliphatic carbocycles. The molecular weight excluding hydrogens is 190 g/mol. The molecule has 14 heavy (non-hydrogen) atoms. The Kier molecular flexibility index (Phi) is 2.33. The van der Waals surface area contributed by atoms with Crippen LogP contribution in [0.4, 0.5) is 13.6 Å². The van der Waals surface area contributed by atoms with E-state index in [0.29, 0.717) is 12.8 Å². The summed E-state index contributed by atoms with van der Waals surface area (Å²) >= 11 is 0. The zero-order valence-corrected chi connectivity index (χ0v) is 7.85. The van der Waals surface area contributed by atoms with E-state index < -0.39 is 18.0 Å². The van der Waals surface area contributed by atoms with E-state index in [0.717, 1.165) is 19.3 Å². The van der Waals surface area contributed by atoms with Crippen molar-refractivity contribution in [3.8, 4) is 0 Å². The van der Waals surface area contributed by atoms with Crippen molar-refractivity contribution in [2.24, 2.45) is 0 Å². The highest BCUT2D eigenvalue weighted by Crippen LogP contribution is 2.40. The summed E-state index contributed by atoms with van der Waals surface area (Å²) in [5.41, 5.74) is -1.21. The maximum Gasteiger partial charge on any atom is 0.315 e. The van der Waals surface area contributed by atoms with Gasteiger partial charge in [0.05, 0.1) is 0 Å². The van der Waals surface area contributed by atoms with Crippen molar-refractivity contribution < 1.29 is 13.6 Å². The molecule has 0 aromatic carbocycles. The Balaban J connectivity index is 1.76. The second-order valence-corrected chi connectivity index (χ2v) is 4.18. The van der Waals surface area contributed by atoms with Gasteiger partial charge in [-0.25, -0.2) is 13.6 Å². The molecule has 0 radical (unpaired) electrons. The molecular formula is C9H14F2N2O. The van der Waals surface area contributed by atoms with Crippen molar-refractivity contribution in [2.45, 2.75) is 50.1 Å². The molecule has 0 heterocycles. The molecule has 5 heteroatoms. The van der Waals surface area contributed by atoms with Crippen LogP contribution in [0.3, 0.4) is 0 Å². The Morgan fingerprint density at radius 1 is 1.36 bits per heavy atom. The number of urea groups is 1. The minimum absolute atomic E-state index is 0.198. The second kappa shape index (κ2) is 3.37. The highest BCUT2D eigenvalue weighted by atomic mass is 19.3. The Morgan fingerprint density at radius 3 is 2.36 bits per heavy atom. The molecule has 0 atom stereocenters. The van der Waals surface area contributed by atoms with Gasteiger partial charge in [0, 0.05) is 6.04 Å². The number of alkyl halides is 2. The first-order valence-electron chi connectivity index (χ1n) is 4.99. The van der Waals surface area contributed by atoms with Crippen LogP contribution in [-0.2, 0) is 0 Å². The van der Waals surface area contributed by atoms with Crippen LogP contribution >= 0.6 is 0 Å². The summed E-state index contributed by atoms with van der Waals surface area (Å²) in [5, 5.41) is 5.05. The Bertz CT molecular complexity index is 237. The van der Waals surface area contributed by atoms with E-state index in [-0.39, 0.29) is 6.04 Å². The Hall–Kier alpha value is -0.870. The molecule has 2 fully saturated rings. The molecule has 0 unspecified atom stereocenters. The average molecular weight is 204 g/mol. The van der Waals surface area contributed by atoms with Crippen LogP contribution in [0.1, 0.15) is 32.1 Å². The third kappa shape index (κ3) is 1.81. The van der Waals surface area contributed by atoms with Gasteiger partial charge in [-0.3, -0.25) is 0 Å². The fourth-order valence-corrected chi connectivity index (χ4v) is 1.53. The van der Waals surface area contributed by atoms with Gasteiger partial charge in [-0.15, -0.1) is 0 Å². The SMILES string of the molecule is O=C(NC1CCC1)NC1(C(F)F)CC1. The van der Waals surface area contributed by atoms with Gasteiger partial charge in [-0.2, -0.15) is 0 Å². The fraction of sp³-hybridized carbons (Fsp3) is 0.889. The third-order valence-corrected chi connectivity index (χ3v) is 3.01. The van der Waals surface area contributed by atoms with Gasteiger partial charge in [0.1, 0.15) is 5.54 Å². The first-order valence-corrected chi connectivity index (χ1v) is 4.99. The third-order valence-electron chi connectivity index (χ3n) is 3.01. The summed E-state index contributed by atoms with van der Waals surface area (Å²) in [6, 6.07) is -0.240. The topological polar surface area (TPSA) is 41.1 Å². The maximum atomic E-state index is 12.4. The van der Waals surface area contributed by atoms with Crippen LogP contribution in [0.5, 0.6) is 0 Å². The van der Waals surface area contributed by atoms with E-state index >= 15 is 0 Å². The van der Waals surface area contributed by atoms with Crippen molar-refractivity contribution in [3.63, 3.8) is 0 Å². The number of nitrogens with one attached hydrogen (secondary N) is 2. The predicted molar refractivity (Wildman–Crippen MR) is 47.3 cm³/mol. The van der Waals surface area contributed by atoms with Crippen molar-refractivity contribution >= 4 is 6.03 Å². The van der Waals surface area contributed by atoms with E-state index in [1.165, 1.54) is 0 Å². The zero-order valence-electron chi connectivity index (χ0n) is 7.85. The molecule has 2 amide bonds. The molecule has 2 aliphatic rings. The predicted octanol–water partition coefficient (Wildman–Crippen LogP) is 1.64. The minimum atomic E-state index is -2.45. The molecule has 3 nitrogen and oxygen atoms in total. The number of carbonyl (C=O) groups excluding carboxylic acids is 1. The average Bonchev–Trinajstić information content (AvgIpc) is 2.78. The van der Waals surface area contributed by atoms with Crippen LogP contribution < -0.4 is 10.6 Å². The van der Waals surface area contributed by atoms with E-state index in [1.54, 1.807) is 0 Å². The summed E-state index contributed by atoms with van der Waals surface area (Å²) in [4.78, 5) is 11.3. The van der Waals surface area contributed by atoms with Crippen molar-refractivity contribution in [3.05, 3.63) is 0 Å². The highest BCUT2D eigenvalue weighted by molar-refractivity contribution is 5.75. The van der Waals surface area contributed by atoms with Crippen molar-refractivity contribution in [1.29, 1.82) is 0 Å². The van der Waals surface area contributed by atoms with Gasteiger partial charge in [0.2, 0.25) is 0 Å². The number of amides is 2. The largest absolute Gasteiger partial charge is 0.335 e. The lowest BCUT2D eigenvalue weighted by molar-refractivity contribution is 0.0887. The lowest BCUT2D eigenvalue weighted by Crippen LogP contribution is -2.51. The lowest BCUT2D eigenvalue weighted by Gasteiger charge is -2.27. The van der Waals surface area contributed by atoms with Crippen LogP contribution in [0.25, 0.3) is 0 Å². The van der Waals surface area contributed by atoms with Gasteiger partial charge in [0.25, 0.3) is 6.43 Å². The number of rotatable bonds is 3. The molecule has 0 spiro atoms. The standard InChI is InChI=1S/C9H14F2N2O/c10-7(11)9(4-5-9)13-8(14)12-6-2-1-3-6/h6-7H,1-5H2,(H2,12,13,14). The van der Waals surface area contributed by atoms with Gasteiger partial charge >= 0.3 is 6.03 Å². The molecule has 0 saturated heterocycles. The molecule has 2 rings (SSSR count). The highest BCUT2D eigenvalue weighted by Gasteiger charge is 2.52. The first-order chi connectivity index (χ1) is 6.62. The Labute approximate surface area is 81.2 Å². The zero-order chi connectivity index (χ0) is 10.2. The van der Waals surface area contributed by atoms with E-state index in [4.69, 9.17) is 0 Å². The van der Waals surface area contributed by atoms with Crippen molar-refractivity contribution in [1.82, 2.24) is 10.6 Å². The summed E-state index contributed by atoms with van der Waals surface area (Å²) in [6.07, 6.45) is 1.38. The minimum Gasteiger partial charge on any atom is -0.335 e. The molecule has 0 aliphatic heterocycles. The van der Waals surface area contributed by atoms with Crippen LogP contribution in [0.2, 0.25) is 0 Å². The number of hydrogen-bond donors (Lipinski definition) is 2. The first kappa shape index (κ1) is 9.68. The van der Waals surface area contributed by atoms with Crippen LogP contribution in [0.15, 0.2) is 0 Å². The Morgan fingerprint density at radius 2 is 2.00 bits per heavy atom. The molecule has 2 saturated carbocycles. The van der Waals surface area contributed by atoms with E-state index in [2.05, 4.69) is 10.6 Å². The second-order valence-electron chi connectivity index (χ2n) is 4.18. The monoisotopic (exact) mass is 204 g/mol. The molecule has 0 bridgehead atoms. The number of carbonyl (C=O) groups is 1. The summed E-state index contributed by atoms with van der Waals surface area (Å²) in [5.74, 6) is 0. The molecule has 80 valence electrons. The molecule has 0 aromatic heterocycles. The number of hydrogen-bond acceptors (Lipinski definition) is 1. The maximum absolute atomic E-state index is 12.4. The summed E-state index contributed by atoms with van der Waals surface area (Å²) in [7, 11) is 0. The summed E-state index contributed by atoms with van der Waals surface area (Å²) < 4.78 is 24.9. The number of halogens is 2. The molecule has 0 aromatic rings.